The van der Waals surface area contributed by atoms with Crippen molar-refractivity contribution in [1.29, 1.82) is 0 Å². The molecule has 0 spiro atoms. The van der Waals surface area contributed by atoms with Crippen molar-refractivity contribution in [2.24, 2.45) is 5.73 Å². The summed E-state index contributed by atoms with van der Waals surface area (Å²) in [5, 5.41) is 9.92. The number of benzene rings is 1. The Hall–Kier alpha value is -1.10. The summed E-state index contributed by atoms with van der Waals surface area (Å²) in [6, 6.07) is 7.67. The molecule has 0 fully saturated rings. The SMILES string of the molecule is CCCCN(C)CC(O)COc1cccc(CN)c1. The lowest BCUT2D eigenvalue weighted by molar-refractivity contribution is 0.0760. The van der Waals surface area contributed by atoms with Crippen LogP contribution in [0.1, 0.15) is 25.3 Å². The molecule has 0 radical (unpaired) electrons. The van der Waals surface area contributed by atoms with E-state index in [2.05, 4.69) is 11.8 Å². The number of ether oxygens (including phenoxy) is 1. The molecule has 0 aliphatic carbocycles. The van der Waals surface area contributed by atoms with Gasteiger partial charge < -0.3 is 20.5 Å². The molecule has 4 nitrogen and oxygen atoms in total. The van der Waals surface area contributed by atoms with Gasteiger partial charge in [0, 0.05) is 13.1 Å². The van der Waals surface area contributed by atoms with E-state index in [9.17, 15) is 5.11 Å². The zero-order chi connectivity index (χ0) is 14.1. The number of aliphatic hydroxyl groups excluding tert-OH is 1. The van der Waals surface area contributed by atoms with Crippen molar-refractivity contribution in [3.05, 3.63) is 29.8 Å². The van der Waals surface area contributed by atoms with E-state index in [4.69, 9.17) is 10.5 Å². The third kappa shape index (κ3) is 6.57. The Balaban J connectivity index is 2.30. The smallest absolute Gasteiger partial charge is 0.119 e. The molecular formula is C15H26N2O2. The Bertz CT molecular complexity index is 358. The summed E-state index contributed by atoms with van der Waals surface area (Å²) >= 11 is 0. The van der Waals surface area contributed by atoms with Crippen LogP contribution in [0.3, 0.4) is 0 Å². The number of rotatable bonds is 9. The summed E-state index contributed by atoms with van der Waals surface area (Å²) < 4.78 is 5.58. The molecule has 19 heavy (non-hydrogen) atoms. The Kier molecular flexibility index (Phi) is 7.48. The van der Waals surface area contributed by atoms with Crippen molar-refractivity contribution in [2.75, 3.05) is 26.7 Å². The second-order valence-electron chi connectivity index (χ2n) is 4.93. The van der Waals surface area contributed by atoms with Crippen molar-refractivity contribution in [2.45, 2.75) is 32.4 Å². The van der Waals surface area contributed by atoms with E-state index < -0.39 is 6.10 Å². The average Bonchev–Trinajstić information content (AvgIpc) is 2.43. The Morgan fingerprint density at radius 3 is 2.89 bits per heavy atom. The van der Waals surface area contributed by atoms with Crippen LogP contribution in [0.4, 0.5) is 0 Å². The molecule has 1 aromatic carbocycles. The molecule has 0 saturated carbocycles. The highest BCUT2D eigenvalue weighted by molar-refractivity contribution is 5.28. The van der Waals surface area contributed by atoms with Gasteiger partial charge in [0.05, 0.1) is 0 Å². The van der Waals surface area contributed by atoms with Crippen LogP contribution >= 0.6 is 0 Å². The molecular weight excluding hydrogens is 240 g/mol. The molecule has 0 aliphatic rings. The van der Waals surface area contributed by atoms with E-state index in [-0.39, 0.29) is 0 Å². The van der Waals surface area contributed by atoms with E-state index in [1.165, 1.54) is 6.42 Å². The van der Waals surface area contributed by atoms with E-state index in [0.29, 0.717) is 19.7 Å². The molecule has 1 unspecified atom stereocenters. The van der Waals surface area contributed by atoms with E-state index >= 15 is 0 Å². The van der Waals surface area contributed by atoms with Gasteiger partial charge in [-0.05, 0) is 37.7 Å². The maximum atomic E-state index is 9.92. The van der Waals surface area contributed by atoms with Crippen LogP contribution in [0.15, 0.2) is 24.3 Å². The molecule has 0 aromatic heterocycles. The highest BCUT2D eigenvalue weighted by atomic mass is 16.5. The fraction of sp³-hybridized carbons (Fsp3) is 0.600. The van der Waals surface area contributed by atoms with Crippen molar-refractivity contribution >= 4 is 0 Å². The van der Waals surface area contributed by atoms with Crippen LogP contribution in [0.2, 0.25) is 0 Å². The zero-order valence-corrected chi connectivity index (χ0v) is 12.0. The van der Waals surface area contributed by atoms with Gasteiger partial charge in [-0.3, -0.25) is 0 Å². The van der Waals surface area contributed by atoms with Crippen molar-refractivity contribution < 1.29 is 9.84 Å². The second kappa shape index (κ2) is 8.91. The van der Waals surface area contributed by atoms with Crippen molar-refractivity contribution in [3.63, 3.8) is 0 Å². The lowest BCUT2D eigenvalue weighted by Gasteiger charge is -2.20. The minimum absolute atomic E-state index is 0.310. The first-order chi connectivity index (χ1) is 9.15. The van der Waals surface area contributed by atoms with Crippen molar-refractivity contribution in [1.82, 2.24) is 4.90 Å². The van der Waals surface area contributed by atoms with E-state index in [1.807, 2.05) is 31.3 Å². The molecule has 3 N–H and O–H groups in total. The monoisotopic (exact) mass is 266 g/mol. The quantitative estimate of drug-likeness (QED) is 0.713. The fourth-order valence-electron chi connectivity index (χ4n) is 1.89. The highest BCUT2D eigenvalue weighted by Crippen LogP contribution is 2.13. The van der Waals surface area contributed by atoms with Gasteiger partial charge >= 0.3 is 0 Å². The summed E-state index contributed by atoms with van der Waals surface area (Å²) in [6.07, 6.45) is 1.86. The van der Waals surface area contributed by atoms with Gasteiger partial charge in [-0.15, -0.1) is 0 Å². The minimum Gasteiger partial charge on any atom is -0.491 e. The van der Waals surface area contributed by atoms with Crippen molar-refractivity contribution in [3.8, 4) is 5.75 Å². The Morgan fingerprint density at radius 2 is 2.21 bits per heavy atom. The standard InChI is InChI=1S/C15H26N2O2/c1-3-4-8-17(2)11-14(18)12-19-15-7-5-6-13(9-15)10-16/h5-7,9,14,18H,3-4,8,10-12,16H2,1-2H3. The summed E-state index contributed by atoms with van der Waals surface area (Å²) in [5.41, 5.74) is 6.61. The number of likely N-dealkylation sites (N-methyl/N-ethyl adjacent to an activating group) is 1. The maximum absolute atomic E-state index is 9.92. The van der Waals surface area contributed by atoms with Crippen LogP contribution in [0.25, 0.3) is 0 Å². The topological polar surface area (TPSA) is 58.7 Å². The van der Waals surface area contributed by atoms with Crippen LogP contribution in [0, 0.1) is 0 Å². The van der Waals surface area contributed by atoms with Crippen LogP contribution in [0.5, 0.6) is 5.75 Å². The average molecular weight is 266 g/mol. The summed E-state index contributed by atoms with van der Waals surface area (Å²) in [7, 11) is 2.02. The van der Waals surface area contributed by atoms with Gasteiger partial charge in [0.2, 0.25) is 0 Å². The number of aliphatic hydroxyl groups is 1. The normalized spacial score (nSPS) is 12.7. The first kappa shape index (κ1) is 16.0. The molecule has 0 aliphatic heterocycles. The van der Waals surface area contributed by atoms with E-state index in [0.717, 1.165) is 24.3 Å². The Labute approximate surface area is 116 Å². The molecule has 1 rings (SSSR count). The minimum atomic E-state index is -0.469. The molecule has 0 heterocycles. The summed E-state index contributed by atoms with van der Waals surface area (Å²) in [4.78, 5) is 2.13. The predicted octanol–water partition coefficient (Wildman–Crippen LogP) is 1.62. The first-order valence-corrected chi connectivity index (χ1v) is 6.94. The number of hydrogen-bond acceptors (Lipinski definition) is 4. The third-order valence-corrected chi connectivity index (χ3v) is 2.99. The molecule has 1 atom stereocenters. The van der Waals surface area contributed by atoms with Gasteiger partial charge in [0.15, 0.2) is 0 Å². The molecule has 0 saturated heterocycles. The lowest BCUT2D eigenvalue weighted by Crippen LogP contribution is -2.33. The molecule has 0 amide bonds. The van der Waals surface area contributed by atoms with Crippen LogP contribution in [-0.4, -0.2) is 42.9 Å². The first-order valence-electron chi connectivity index (χ1n) is 6.94. The van der Waals surface area contributed by atoms with Gasteiger partial charge in [0.25, 0.3) is 0 Å². The highest BCUT2D eigenvalue weighted by Gasteiger charge is 2.09. The zero-order valence-electron chi connectivity index (χ0n) is 12.0. The fourth-order valence-corrected chi connectivity index (χ4v) is 1.89. The second-order valence-corrected chi connectivity index (χ2v) is 4.93. The lowest BCUT2D eigenvalue weighted by atomic mass is 10.2. The molecule has 4 heteroatoms. The van der Waals surface area contributed by atoms with Crippen LogP contribution in [-0.2, 0) is 6.54 Å². The number of nitrogens with zero attached hydrogens (tertiary/aromatic N) is 1. The van der Waals surface area contributed by atoms with Gasteiger partial charge in [-0.1, -0.05) is 25.5 Å². The van der Waals surface area contributed by atoms with E-state index in [1.54, 1.807) is 0 Å². The molecule has 1 aromatic rings. The van der Waals surface area contributed by atoms with Gasteiger partial charge in [-0.25, -0.2) is 0 Å². The number of hydrogen-bond donors (Lipinski definition) is 2. The summed E-state index contributed by atoms with van der Waals surface area (Å²) in [5.74, 6) is 0.762. The predicted molar refractivity (Wildman–Crippen MR) is 78.2 cm³/mol. The van der Waals surface area contributed by atoms with Crippen LogP contribution < -0.4 is 10.5 Å². The summed E-state index contributed by atoms with van der Waals surface area (Å²) in [6.45, 7) is 4.62. The maximum Gasteiger partial charge on any atom is 0.119 e. The number of nitrogens with two attached hydrogens (primary N) is 1. The number of unbranched alkanes of at least 4 members (excludes halogenated alkanes) is 1. The largest absolute Gasteiger partial charge is 0.491 e. The molecule has 0 bridgehead atoms. The van der Waals surface area contributed by atoms with Gasteiger partial charge in [0.1, 0.15) is 18.5 Å². The van der Waals surface area contributed by atoms with Gasteiger partial charge in [-0.2, -0.15) is 0 Å². The molecule has 108 valence electrons. The third-order valence-electron chi connectivity index (χ3n) is 2.99. The Morgan fingerprint density at radius 1 is 1.42 bits per heavy atom.